The predicted molar refractivity (Wildman–Crippen MR) is 68.6 cm³/mol. The Morgan fingerprint density at radius 2 is 2.12 bits per heavy atom. The highest BCUT2D eigenvalue weighted by Gasteiger charge is 2.25. The number of hydrogen-bond acceptors (Lipinski definition) is 3. The standard InChI is InChI=1S/C13H28N2O/c1-5-12-10-16-11(2)9-15(12)8-6-7-13(3,4)14/h11-12H,5-10,14H2,1-4H3. The zero-order valence-corrected chi connectivity index (χ0v) is 11.3. The molecule has 2 atom stereocenters. The van der Waals surface area contributed by atoms with Crippen LogP contribution in [0.5, 0.6) is 0 Å². The van der Waals surface area contributed by atoms with Crippen molar-refractivity contribution in [2.75, 3.05) is 19.7 Å². The molecule has 2 N–H and O–H groups in total. The minimum absolute atomic E-state index is 0.0282. The van der Waals surface area contributed by atoms with E-state index in [1.54, 1.807) is 0 Å². The van der Waals surface area contributed by atoms with Gasteiger partial charge >= 0.3 is 0 Å². The summed E-state index contributed by atoms with van der Waals surface area (Å²) in [6, 6.07) is 0.608. The Labute approximate surface area is 100 Å². The van der Waals surface area contributed by atoms with Crippen LogP contribution in [0.1, 0.15) is 47.0 Å². The summed E-state index contributed by atoms with van der Waals surface area (Å²) < 4.78 is 5.69. The summed E-state index contributed by atoms with van der Waals surface area (Å²) in [4.78, 5) is 2.57. The van der Waals surface area contributed by atoms with Gasteiger partial charge in [-0.3, -0.25) is 4.90 Å². The number of nitrogens with two attached hydrogens (primary N) is 1. The maximum absolute atomic E-state index is 6.00. The molecular formula is C13H28N2O. The van der Waals surface area contributed by atoms with Crippen molar-refractivity contribution >= 4 is 0 Å². The third-order valence-corrected chi connectivity index (χ3v) is 3.32. The molecule has 0 saturated carbocycles. The molecule has 0 radical (unpaired) electrons. The largest absolute Gasteiger partial charge is 0.376 e. The van der Waals surface area contributed by atoms with E-state index in [1.165, 1.54) is 12.8 Å². The van der Waals surface area contributed by atoms with Crippen LogP contribution >= 0.6 is 0 Å². The number of ether oxygens (including phenoxy) is 1. The Balaban J connectivity index is 2.32. The summed E-state index contributed by atoms with van der Waals surface area (Å²) in [6.07, 6.45) is 3.84. The maximum atomic E-state index is 6.00. The lowest BCUT2D eigenvalue weighted by molar-refractivity contribution is -0.0563. The van der Waals surface area contributed by atoms with Crippen molar-refractivity contribution < 1.29 is 4.74 Å². The zero-order valence-electron chi connectivity index (χ0n) is 11.3. The second kappa shape index (κ2) is 5.99. The Kier molecular flexibility index (Phi) is 5.22. The van der Waals surface area contributed by atoms with Crippen molar-refractivity contribution in [3.63, 3.8) is 0 Å². The van der Waals surface area contributed by atoms with Gasteiger partial charge in [-0.15, -0.1) is 0 Å². The molecule has 0 spiro atoms. The highest BCUT2D eigenvalue weighted by molar-refractivity contribution is 4.79. The SMILES string of the molecule is CCC1COC(C)CN1CCCC(C)(C)N. The van der Waals surface area contributed by atoms with E-state index < -0.39 is 0 Å². The smallest absolute Gasteiger partial charge is 0.0674 e. The van der Waals surface area contributed by atoms with Gasteiger partial charge in [-0.1, -0.05) is 6.92 Å². The molecule has 0 aromatic heterocycles. The van der Waals surface area contributed by atoms with Crippen LogP contribution < -0.4 is 5.73 Å². The van der Waals surface area contributed by atoms with Crippen molar-refractivity contribution in [3.05, 3.63) is 0 Å². The lowest BCUT2D eigenvalue weighted by Gasteiger charge is -2.38. The average Bonchev–Trinajstić information content (AvgIpc) is 2.16. The van der Waals surface area contributed by atoms with Gasteiger partial charge in [0.15, 0.2) is 0 Å². The fourth-order valence-corrected chi connectivity index (χ4v) is 2.30. The number of morpholine rings is 1. The van der Waals surface area contributed by atoms with Crippen LogP contribution in [0.2, 0.25) is 0 Å². The van der Waals surface area contributed by atoms with Crippen LogP contribution in [0.4, 0.5) is 0 Å². The Morgan fingerprint density at radius 3 is 2.69 bits per heavy atom. The maximum Gasteiger partial charge on any atom is 0.0674 e. The molecule has 1 rings (SSSR count). The summed E-state index contributed by atoms with van der Waals surface area (Å²) in [5.74, 6) is 0. The van der Waals surface area contributed by atoms with Crippen molar-refractivity contribution in [1.29, 1.82) is 0 Å². The van der Waals surface area contributed by atoms with Crippen LogP contribution in [0.25, 0.3) is 0 Å². The minimum Gasteiger partial charge on any atom is -0.376 e. The lowest BCUT2D eigenvalue weighted by atomic mass is 9.99. The third kappa shape index (κ3) is 4.81. The summed E-state index contributed by atoms with van der Waals surface area (Å²) in [5, 5.41) is 0. The monoisotopic (exact) mass is 228 g/mol. The van der Waals surface area contributed by atoms with Crippen LogP contribution in [0, 0.1) is 0 Å². The molecule has 1 aliphatic rings. The average molecular weight is 228 g/mol. The van der Waals surface area contributed by atoms with E-state index in [1.807, 2.05) is 0 Å². The highest BCUT2D eigenvalue weighted by atomic mass is 16.5. The van der Waals surface area contributed by atoms with Gasteiger partial charge in [-0.05, 0) is 46.6 Å². The Bertz CT molecular complexity index is 201. The topological polar surface area (TPSA) is 38.5 Å². The van der Waals surface area contributed by atoms with Crippen LogP contribution in [-0.4, -0.2) is 42.3 Å². The fraction of sp³-hybridized carbons (Fsp3) is 1.00. The van der Waals surface area contributed by atoms with Crippen LogP contribution in [-0.2, 0) is 4.74 Å². The van der Waals surface area contributed by atoms with Crippen molar-refractivity contribution in [3.8, 4) is 0 Å². The first-order chi connectivity index (χ1) is 7.42. The molecule has 1 saturated heterocycles. The zero-order chi connectivity index (χ0) is 12.2. The third-order valence-electron chi connectivity index (χ3n) is 3.32. The molecule has 1 fully saturated rings. The summed E-state index contributed by atoms with van der Waals surface area (Å²) in [7, 11) is 0. The molecule has 96 valence electrons. The first kappa shape index (κ1) is 13.9. The molecule has 1 aliphatic heterocycles. The summed E-state index contributed by atoms with van der Waals surface area (Å²) >= 11 is 0. The predicted octanol–water partition coefficient (Wildman–Crippen LogP) is 2.00. The van der Waals surface area contributed by atoms with Gasteiger partial charge in [-0.25, -0.2) is 0 Å². The van der Waals surface area contributed by atoms with E-state index in [4.69, 9.17) is 10.5 Å². The Morgan fingerprint density at radius 1 is 1.44 bits per heavy atom. The van der Waals surface area contributed by atoms with Crippen LogP contribution in [0.15, 0.2) is 0 Å². The van der Waals surface area contributed by atoms with E-state index in [0.29, 0.717) is 12.1 Å². The summed E-state index contributed by atoms with van der Waals surface area (Å²) in [5.41, 5.74) is 5.97. The van der Waals surface area contributed by atoms with Gasteiger partial charge in [0.05, 0.1) is 12.7 Å². The van der Waals surface area contributed by atoms with Crippen molar-refractivity contribution in [2.24, 2.45) is 5.73 Å². The molecule has 3 heteroatoms. The normalized spacial score (nSPS) is 28.3. The van der Waals surface area contributed by atoms with Gasteiger partial charge < -0.3 is 10.5 Å². The number of rotatable bonds is 5. The van der Waals surface area contributed by atoms with E-state index >= 15 is 0 Å². The van der Waals surface area contributed by atoms with Crippen molar-refractivity contribution in [1.82, 2.24) is 4.90 Å². The molecule has 0 amide bonds. The quantitative estimate of drug-likeness (QED) is 0.782. The molecule has 0 aromatic rings. The van der Waals surface area contributed by atoms with Crippen LogP contribution in [0.3, 0.4) is 0 Å². The molecule has 3 nitrogen and oxygen atoms in total. The Hall–Kier alpha value is -0.120. The van der Waals surface area contributed by atoms with Gasteiger partial charge in [-0.2, -0.15) is 0 Å². The molecule has 2 unspecified atom stereocenters. The number of nitrogens with zero attached hydrogens (tertiary/aromatic N) is 1. The van der Waals surface area contributed by atoms with E-state index in [2.05, 4.69) is 32.6 Å². The number of hydrogen-bond donors (Lipinski definition) is 1. The van der Waals surface area contributed by atoms with E-state index in [0.717, 1.165) is 26.1 Å². The second-order valence-electron chi connectivity index (χ2n) is 5.79. The van der Waals surface area contributed by atoms with Gasteiger partial charge in [0.2, 0.25) is 0 Å². The fourth-order valence-electron chi connectivity index (χ4n) is 2.30. The van der Waals surface area contributed by atoms with Gasteiger partial charge in [0.25, 0.3) is 0 Å². The summed E-state index contributed by atoms with van der Waals surface area (Å²) in [6.45, 7) is 11.7. The molecule has 0 aromatic carbocycles. The van der Waals surface area contributed by atoms with E-state index in [9.17, 15) is 0 Å². The first-order valence-electron chi connectivity index (χ1n) is 6.57. The molecule has 0 aliphatic carbocycles. The molecular weight excluding hydrogens is 200 g/mol. The lowest BCUT2D eigenvalue weighted by Crippen LogP contribution is -2.49. The first-order valence-corrected chi connectivity index (χ1v) is 6.57. The van der Waals surface area contributed by atoms with Gasteiger partial charge in [0, 0.05) is 18.1 Å². The van der Waals surface area contributed by atoms with E-state index in [-0.39, 0.29) is 5.54 Å². The van der Waals surface area contributed by atoms with Crippen molar-refractivity contribution in [2.45, 2.75) is 64.6 Å². The second-order valence-corrected chi connectivity index (χ2v) is 5.79. The molecule has 1 heterocycles. The highest BCUT2D eigenvalue weighted by Crippen LogP contribution is 2.16. The molecule has 0 bridgehead atoms. The molecule has 16 heavy (non-hydrogen) atoms. The minimum atomic E-state index is -0.0282. The van der Waals surface area contributed by atoms with Gasteiger partial charge in [0.1, 0.15) is 0 Å².